The van der Waals surface area contributed by atoms with Gasteiger partial charge in [-0.2, -0.15) is 18.4 Å². The number of hydrogen-bond acceptors (Lipinski definition) is 4. The summed E-state index contributed by atoms with van der Waals surface area (Å²) in [6.07, 6.45) is -5.51. The lowest BCUT2D eigenvalue weighted by atomic mass is 9.73. The van der Waals surface area contributed by atoms with Gasteiger partial charge in [-0.3, -0.25) is 4.79 Å². The van der Waals surface area contributed by atoms with Crippen molar-refractivity contribution in [2.75, 3.05) is 13.2 Å². The van der Waals surface area contributed by atoms with Crippen LogP contribution in [0.4, 0.5) is 13.2 Å². The number of aromatic amines is 1. The van der Waals surface area contributed by atoms with Crippen molar-refractivity contribution >= 4 is 32.7 Å². The number of benzene rings is 2. The number of H-pyrrole nitrogens is 1. The van der Waals surface area contributed by atoms with Crippen LogP contribution in [0.2, 0.25) is 0 Å². The molecular weight excluding hydrogens is 539 g/mol. The first kappa shape index (κ1) is 26.0. The third kappa shape index (κ3) is 5.08. The van der Waals surface area contributed by atoms with Crippen LogP contribution in [0, 0.1) is 11.3 Å². The number of nitrogens with zero attached hydrogens (tertiary/aromatic N) is 1. The normalized spacial score (nSPS) is 15.2. The van der Waals surface area contributed by atoms with Crippen LogP contribution in [0.5, 0.6) is 5.75 Å². The van der Waals surface area contributed by atoms with Gasteiger partial charge in [0, 0.05) is 45.0 Å². The van der Waals surface area contributed by atoms with Crippen molar-refractivity contribution in [3.63, 3.8) is 0 Å². The number of hydrogen-bond donors (Lipinski definition) is 3. The molecule has 0 saturated carbocycles. The smallest absolute Gasteiger partial charge is 0.417 e. The van der Waals surface area contributed by atoms with Crippen molar-refractivity contribution in [2.24, 2.45) is 0 Å². The molecule has 1 atom stereocenters. The summed E-state index contributed by atoms with van der Waals surface area (Å²) in [6.45, 7) is 3.65. The van der Waals surface area contributed by atoms with E-state index in [1.165, 1.54) is 18.2 Å². The van der Waals surface area contributed by atoms with Gasteiger partial charge in [-0.05, 0) is 53.8 Å². The summed E-state index contributed by atoms with van der Waals surface area (Å²) in [5.41, 5.74) is -1.57. The van der Waals surface area contributed by atoms with Gasteiger partial charge in [0.1, 0.15) is 12.3 Å². The Morgan fingerprint density at radius 2 is 2.00 bits per heavy atom. The highest BCUT2D eigenvalue weighted by Gasteiger charge is 2.56. The summed E-state index contributed by atoms with van der Waals surface area (Å²) in [5.74, 6) is 0.124. The third-order valence-electron chi connectivity index (χ3n) is 6.49. The van der Waals surface area contributed by atoms with Crippen LogP contribution in [-0.4, -0.2) is 40.9 Å². The van der Waals surface area contributed by atoms with E-state index < -0.39 is 35.9 Å². The van der Waals surface area contributed by atoms with Crippen molar-refractivity contribution in [1.29, 1.82) is 5.26 Å². The first-order valence-corrected chi connectivity index (χ1v) is 12.1. The number of carbonyl (C=O) groups excluding carboxylic acids is 1. The molecule has 0 spiro atoms. The summed E-state index contributed by atoms with van der Waals surface area (Å²) in [7, 11) is 0. The van der Waals surface area contributed by atoms with E-state index in [0.29, 0.717) is 35.2 Å². The van der Waals surface area contributed by atoms with Crippen LogP contribution in [0.3, 0.4) is 0 Å². The van der Waals surface area contributed by atoms with Gasteiger partial charge >= 0.3 is 6.18 Å². The van der Waals surface area contributed by atoms with Gasteiger partial charge in [-0.1, -0.05) is 29.8 Å². The van der Waals surface area contributed by atoms with Gasteiger partial charge in [-0.15, -0.1) is 0 Å². The fraction of sp³-hybridized carbons (Fsp3) is 0.385. The Morgan fingerprint density at radius 3 is 2.69 bits per heavy atom. The van der Waals surface area contributed by atoms with Crippen LogP contribution in [-0.2, 0) is 18.3 Å². The van der Waals surface area contributed by atoms with Gasteiger partial charge in [0.15, 0.2) is 5.60 Å². The predicted molar refractivity (Wildman–Crippen MR) is 132 cm³/mol. The highest BCUT2D eigenvalue weighted by Crippen LogP contribution is 2.47. The lowest BCUT2D eigenvalue weighted by molar-refractivity contribution is -0.266. The van der Waals surface area contributed by atoms with Crippen molar-refractivity contribution in [3.05, 3.63) is 63.3 Å². The van der Waals surface area contributed by atoms with Crippen molar-refractivity contribution in [2.45, 2.75) is 50.3 Å². The first-order chi connectivity index (χ1) is 16.8. The maximum Gasteiger partial charge on any atom is 0.417 e. The van der Waals surface area contributed by atoms with E-state index in [1.54, 1.807) is 26.0 Å². The first-order valence-electron chi connectivity index (χ1n) is 11.3. The zero-order valence-corrected chi connectivity index (χ0v) is 21.3. The molecule has 36 heavy (non-hydrogen) atoms. The second kappa shape index (κ2) is 9.45. The average Bonchev–Trinajstić information content (AvgIpc) is 3.40. The van der Waals surface area contributed by atoms with Crippen LogP contribution < -0.4 is 10.1 Å². The molecule has 1 aliphatic rings. The van der Waals surface area contributed by atoms with Gasteiger partial charge < -0.3 is 20.1 Å². The summed E-state index contributed by atoms with van der Waals surface area (Å²) in [4.78, 5) is 15.1. The Bertz CT molecular complexity index is 1360. The molecule has 4 rings (SSSR count). The molecule has 0 saturated heterocycles. The number of rotatable bonds is 7. The third-order valence-corrected chi connectivity index (χ3v) is 6.95. The number of ether oxygens (including phenoxy) is 1. The molecule has 0 radical (unpaired) electrons. The molecule has 0 bridgehead atoms. The van der Waals surface area contributed by atoms with Gasteiger partial charge in [0.2, 0.25) is 0 Å². The number of halogens is 4. The Balaban J connectivity index is 1.65. The van der Waals surface area contributed by atoms with Crippen LogP contribution >= 0.6 is 15.9 Å². The Kier molecular flexibility index (Phi) is 6.84. The molecule has 2 aromatic carbocycles. The Labute approximate surface area is 214 Å². The van der Waals surface area contributed by atoms with E-state index in [4.69, 9.17) is 10.00 Å². The van der Waals surface area contributed by atoms with Crippen LogP contribution in [0.1, 0.15) is 47.4 Å². The monoisotopic (exact) mass is 563 g/mol. The molecule has 190 valence electrons. The van der Waals surface area contributed by atoms with E-state index in [9.17, 15) is 23.1 Å². The fourth-order valence-electron chi connectivity index (χ4n) is 4.83. The molecule has 6 nitrogen and oxygen atoms in total. The van der Waals surface area contributed by atoms with Gasteiger partial charge in [0.05, 0.1) is 12.7 Å². The lowest BCUT2D eigenvalue weighted by Gasteiger charge is -2.38. The fourth-order valence-corrected chi connectivity index (χ4v) is 5.33. The van der Waals surface area contributed by atoms with Crippen molar-refractivity contribution in [3.8, 4) is 11.8 Å². The van der Waals surface area contributed by atoms with Crippen molar-refractivity contribution in [1.82, 2.24) is 10.3 Å². The van der Waals surface area contributed by atoms with Crippen LogP contribution in [0.15, 0.2) is 40.9 Å². The minimum atomic E-state index is -4.90. The molecule has 1 aromatic heterocycles. The number of nitrogens with one attached hydrogen (secondary N) is 2. The van der Waals surface area contributed by atoms with Gasteiger partial charge in [0.25, 0.3) is 5.91 Å². The molecular formula is C26H25BrF3N3O3. The summed E-state index contributed by atoms with van der Waals surface area (Å²) in [6, 6.07) is 11.6. The summed E-state index contributed by atoms with van der Waals surface area (Å²) < 4.78 is 49.5. The highest BCUT2D eigenvalue weighted by atomic mass is 79.9. The minimum Gasteiger partial charge on any atom is -0.493 e. The van der Waals surface area contributed by atoms with E-state index in [2.05, 4.69) is 26.2 Å². The summed E-state index contributed by atoms with van der Waals surface area (Å²) in [5, 5.41) is 22.7. The molecule has 1 unspecified atom stereocenters. The summed E-state index contributed by atoms with van der Waals surface area (Å²) >= 11 is 3.44. The highest BCUT2D eigenvalue weighted by molar-refractivity contribution is 9.10. The molecule has 3 aromatic rings. The molecule has 1 amide bonds. The number of fused-ring (bicyclic) bond motifs is 2. The number of aromatic nitrogens is 1. The zero-order chi connectivity index (χ0) is 26.3. The van der Waals surface area contributed by atoms with E-state index >= 15 is 0 Å². The maximum atomic E-state index is 14.3. The topological polar surface area (TPSA) is 98.1 Å². The van der Waals surface area contributed by atoms with Crippen LogP contribution in [0.25, 0.3) is 10.9 Å². The molecule has 3 N–H and O–H groups in total. The number of nitriles is 1. The number of aliphatic hydroxyl groups is 1. The molecule has 2 heterocycles. The SMILES string of the molecule is CC(C)(CC(O)(Cc1cc2cc(C(=O)NCC#N)ccc2[nH]1)C(F)(F)F)c1cc(Br)cc2c1OCC2. The van der Waals surface area contributed by atoms with E-state index in [1.807, 2.05) is 12.1 Å². The Morgan fingerprint density at radius 1 is 1.25 bits per heavy atom. The molecule has 0 fully saturated rings. The molecule has 10 heteroatoms. The minimum absolute atomic E-state index is 0.157. The van der Waals surface area contributed by atoms with E-state index in [0.717, 1.165) is 10.0 Å². The van der Waals surface area contributed by atoms with Gasteiger partial charge in [-0.25, -0.2) is 0 Å². The standard InChI is InChI=1S/C26H25BrF3N3O3/c1-24(2,20-12-18(27)10-15-5-8-36-22(15)20)14-25(35,26(28,29)30)13-19-11-17-9-16(3-4-21(17)33-19)23(34)32-7-6-31/h3-4,9-12,33,35H,5,7-8,13-14H2,1-2H3,(H,32,34). The number of carbonyl (C=O) groups is 1. The molecule has 1 aliphatic heterocycles. The quantitative estimate of drug-likeness (QED) is 0.339. The number of amides is 1. The lowest BCUT2D eigenvalue weighted by Crippen LogP contribution is -2.51. The van der Waals surface area contributed by atoms with Crippen molar-refractivity contribution < 1.29 is 27.8 Å². The second-order valence-electron chi connectivity index (χ2n) is 9.74. The number of alkyl halides is 3. The maximum absolute atomic E-state index is 14.3. The molecule has 0 aliphatic carbocycles. The zero-order valence-electron chi connectivity index (χ0n) is 19.7. The second-order valence-corrected chi connectivity index (χ2v) is 10.7. The van der Waals surface area contributed by atoms with E-state index in [-0.39, 0.29) is 17.8 Å². The average molecular weight is 564 g/mol. The largest absolute Gasteiger partial charge is 0.493 e. The predicted octanol–water partition coefficient (Wildman–Crippen LogP) is 5.32. The Hall–Kier alpha value is -3.03.